The fourth-order valence-electron chi connectivity index (χ4n) is 2.84. The first-order chi connectivity index (χ1) is 13.2. The van der Waals surface area contributed by atoms with Crippen molar-refractivity contribution in [3.05, 3.63) is 60.0 Å². The van der Waals surface area contributed by atoms with E-state index in [1.807, 2.05) is 43.3 Å². The quantitative estimate of drug-likeness (QED) is 0.482. The van der Waals surface area contributed by atoms with E-state index in [-0.39, 0.29) is 0 Å². The Hall–Kier alpha value is -3.46. The van der Waals surface area contributed by atoms with Gasteiger partial charge in [0.05, 0.1) is 11.4 Å². The predicted molar refractivity (Wildman–Crippen MR) is 102 cm³/mol. The molecule has 0 fully saturated rings. The van der Waals surface area contributed by atoms with E-state index in [4.69, 9.17) is 0 Å². The van der Waals surface area contributed by atoms with Crippen LogP contribution in [0.1, 0.15) is 11.3 Å². The third kappa shape index (κ3) is 2.59. The lowest BCUT2D eigenvalue weighted by Crippen LogP contribution is -1.99. The van der Waals surface area contributed by atoms with Gasteiger partial charge in [-0.15, -0.1) is 15.3 Å². The zero-order chi connectivity index (χ0) is 18.4. The summed E-state index contributed by atoms with van der Waals surface area (Å²) >= 11 is 1.47. The Bertz CT molecular complexity index is 1230. The number of fused-ring (bicyclic) bond motifs is 1. The number of nitrogens with zero attached hydrogens (tertiary/aromatic N) is 8. The molecule has 0 spiro atoms. The van der Waals surface area contributed by atoms with Gasteiger partial charge in [-0.2, -0.15) is 9.61 Å². The average Bonchev–Trinajstić information content (AvgIpc) is 3.38. The van der Waals surface area contributed by atoms with Crippen molar-refractivity contribution >= 4 is 16.3 Å². The number of aromatic nitrogens is 8. The van der Waals surface area contributed by atoms with Crippen molar-refractivity contribution in [3.63, 3.8) is 0 Å². The molecule has 0 saturated heterocycles. The van der Waals surface area contributed by atoms with Crippen LogP contribution >= 0.6 is 11.3 Å². The molecule has 4 aromatic heterocycles. The van der Waals surface area contributed by atoms with Gasteiger partial charge in [-0.05, 0) is 38.1 Å². The second-order valence-electron chi connectivity index (χ2n) is 6.13. The lowest BCUT2D eigenvalue weighted by molar-refractivity contribution is 0.785. The SMILES string of the molecule is Cc1ccc(-n2nnc(-c3nnc4sc(-c5ccncc5)nn34)c2C)cc1. The van der Waals surface area contributed by atoms with Gasteiger partial charge in [0.1, 0.15) is 5.01 Å². The van der Waals surface area contributed by atoms with Gasteiger partial charge < -0.3 is 0 Å². The Morgan fingerprint density at radius 1 is 0.889 bits per heavy atom. The monoisotopic (exact) mass is 374 g/mol. The number of hydrogen-bond acceptors (Lipinski definition) is 7. The summed E-state index contributed by atoms with van der Waals surface area (Å²) in [5.74, 6) is 0.581. The van der Waals surface area contributed by atoms with E-state index in [0.717, 1.165) is 22.0 Å². The fourth-order valence-corrected chi connectivity index (χ4v) is 3.69. The molecule has 132 valence electrons. The maximum atomic E-state index is 4.66. The molecule has 5 rings (SSSR count). The van der Waals surface area contributed by atoms with Crippen LogP contribution in [-0.4, -0.2) is 39.8 Å². The summed E-state index contributed by atoms with van der Waals surface area (Å²) in [6.07, 6.45) is 3.49. The van der Waals surface area contributed by atoms with Crippen molar-refractivity contribution in [1.82, 2.24) is 39.8 Å². The van der Waals surface area contributed by atoms with Crippen molar-refractivity contribution in [2.24, 2.45) is 0 Å². The summed E-state index contributed by atoms with van der Waals surface area (Å²) < 4.78 is 3.52. The second kappa shape index (κ2) is 6.06. The normalized spacial score (nSPS) is 11.3. The smallest absolute Gasteiger partial charge is 0.235 e. The van der Waals surface area contributed by atoms with Gasteiger partial charge in [-0.3, -0.25) is 4.98 Å². The third-order valence-electron chi connectivity index (χ3n) is 4.30. The van der Waals surface area contributed by atoms with E-state index in [0.29, 0.717) is 16.5 Å². The second-order valence-corrected chi connectivity index (χ2v) is 7.09. The summed E-state index contributed by atoms with van der Waals surface area (Å²) in [7, 11) is 0. The molecule has 0 aliphatic heterocycles. The molecule has 0 unspecified atom stereocenters. The first-order valence-electron chi connectivity index (χ1n) is 8.33. The Balaban J connectivity index is 1.60. The lowest BCUT2D eigenvalue weighted by atomic mass is 10.2. The van der Waals surface area contributed by atoms with Crippen LogP contribution in [0.25, 0.3) is 32.7 Å². The van der Waals surface area contributed by atoms with Crippen molar-refractivity contribution in [3.8, 4) is 27.8 Å². The van der Waals surface area contributed by atoms with Crippen molar-refractivity contribution in [2.75, 3.05) is 0 Å². The summed E-state index contributed by atoms with van der Waals surface area (Å²) in [6.45, 7) is 4.02. The molecule has 0 aliphatic carbocycles. The van der Waals surface area contributed by atoms with Crippen LogP contribution in [0.4, 0.5) is 0 Å². The highest BCUT2D eigenvalue weighted by atomic mass is 32.1. The highest BCUT2D eigenvalue weighted by Gasteiger charge is 2.20. The standard InChI is InChI=1S/C18H14N8S/c1-11-3-5-14(6-4-11)25-12(2)15(20-24-25)16-21-22-18-26(16)23-17(27-18)13-7-9-19-10-8-13/h3-10H,1-2H3. The molecule has 0 amide bonds. The van der Waals surface area contributed by atoms with Gasteiger partial charge in [-0.1, -0.05) is 34.2 Å². The molecule has 9 heteroatoms. The molecular weight excluding hydrogens is 360 g/mol. The van der Waals surface area contributed by atoms with Crippen LogP contribution in [-0.2, 0) is 0 Å². The minimum atomic E-state index is 0.581. The van der Waals surface area contributed by atoms with E-state index < -0.39 is 0 Å². The van der Waals surface area contributed by atoms with Gasteiger partial charge in [0, 0.05) is 18.0 Å². The molecule has 0 aliphatic rings. The van der Waals surface area contributed by atoms with Crippen molar-refractivity contribution in [1.29, 1.82) is 0 Å². The van der Waals surface area contributed by atoms with E-state index in [9.17, 15) is 0 Å². The van der Waals surface area contributed by atoms with Gasteiger partial charge in [-0.25, -0.2) is 4.68 Å². The van der Waals surface area contributed by atoms with Crippen LogP contribution in [0.5, 0.6) is 0 Å². The molecule has 8 nitrogen and oxygen atoms in total. The highest BCUT2D eigenvalue weighted by Crippen LogP contribution is 2.28. The van der Waals surface area contributed by atoms with Gasteiger partial charge in [0.2, 0.25) is 10.8 Å². The molecular formula is C18H14N8S. The molecule has 0 radical (unpaired) electrons. The molecule has 0 N–H and O–H groups in total. The zero-order valence-electron chi connectivity index (χ0n) is 14.6. The summed E-state index contributed by atoms with van der Waals surface area (Å²) in [5.41, 5.74) is 4.68. The van der Waals surface area contributed by atoms with Gasteiger partial charge >= 0.3 is 0 Å². The molecule has 5 aromatic rings. The number of aryl methyl sites for hydroxylation is 1. The van der Waals surface area contributed by atoms with E-state index in [1.54, 1.807) is 21.6 Å². The minimum absolute atomic E-state index is 0.581. The lowest BCUT2D eigenvalue weighted by Gasteiger charge is -2.03. The number of pyridine rings is 1. The number of hydrogen-bond donors (Lipinski definition) is 0. The van der Waals surface area contributed by atoms with Crippen LogP contribution in [0.2, 0.25) is 0 Å². The van der Waals surface area contributed by atoms with Crippen molar-refractivity contribution in [2.45, 2.75) is 13.8 Å². The molecule has 0 atom stereocenters. The molecule has 0 saturated carbocycles. The topological polar surface area (TPSA) is 86.7 Å². The highest BCUT2D eigenvalue weighted by molar-refractivity contribution is 7.19. The van der Waals surface area contributed by atoms with E-state index in [2.05, 4.69) is 37.5 Å². The van der Waals surface area contributed by atoms with E-state index in [1.165, 1.54) is 16.9 Å². The Morgan fingerprint density at radius 2 is 1.67 bits per heavy atom. The van der Waals surface area contributed by atoms with Crippen LogP contribution < -0.4 is 0 Å². The summed E-state index contributed by atoms with van der Waals surface area (Å²) in [5, 5.41) is 22.7. The predicted octanol–water partition coefficient (Wildman–Crippen LogP) is 3.11. The van der Waals surface area contributed by atoms with Crippen LogP contribution in [0.15, 0.2) is 48.8 Å². The maximum Gasteiger partial charge on any atom is 0.235 e. The van der Waals surface area contributed by atoms with Crippen molar-refractivity contribution < 1.29 is 0 Å². The summed E-state index contributed by atoms with van der Waals surface area (Å²) in [6, 6.07) is 12.0. The largest absolute Gasteiger partial charge is 0.265 e. The molecule has 4 heterocycles. The van der Waals surface area contributed by atoms with Crippen LogP contribution in [0, 0.1) is 13.8 Å². The van der Waals surface area contributed by atoms with Gasteiger partial charge in [0.15, 0.2) is 5.69 Å². The average molecular weight is 374 g/mol. The maximum absolute atomic E-state index is 4.66. The molecule has 1 aromatic carbocycles. The molecule has 27 heavy (non-hydrogen) atoms. The minimum Gasteiger partial charge on any atom is -0.265 e. The van der Waals surface area contributed by atoms with E-state index >= 15 is 0 Å². The summed E-state index contributed by atoms with van der Waals surface area (Å²) in [4.78, 5) is 4.76. The molecule has 0 bridgehead atoms. The number of benzene rings is 1. The van der Waals surface area contributed by atoms with Gasteiger partial charge in [0.25, 0.3) is 0 Å². The number of rotatable bonds is 3. The third-order valence-corrected chi connectivity index (χ3v) is 5.25. The fraction of sp³-hybridized carbons (Fsp3) is 0.111. The van der Waals surface area contributed by atoms with Crippen LogP contribution in [0.3, 0.4) is 0 Å². The first-order valence-corrected chi connectivity index (χ1v) is 9.15. The zero-order valence-corrected chi connectivity index (χ0v) is 15.4. The Kier molecular flexibility index (Phi) is 3.54. The Morgan fingerprint density at radius 3 is 2.44 bits per heavy atom. The Labute approximate surface area is 158 Å². The first kappa shape index (κ1) is 15.8.